The Balaban J connectivity index is 2.03. The number of amides is 1. The zero-order chi connectivity index (χ0) is 15.1. The Bertz CT molecular complexity index is 569. The molecule has 2 aromatic rings. The molecular formula is C17H19ClN2O. The molecule has 0 bridgehead atoms. The van der Waals surface area contributed by atoms with Crippen LogP contribution in [0.2, 0.25) is 5.02 Å². The van der Waals surface area contributed by atoms with Gasteiger partial charge in [-0.15, -0.1) is 0 Å². The predicted molar refractivity (Wildman–Crippen MR) is 85.2 cm³/mol. The second kappa shape index (κ2) is 7.79. The van der Waals surface area contributed by atoms with Gasteiger partial charge in [0.05, 0.1) is 18.2 Å². The second-order valence-corrected chi connectivity index (χ2v) is 5.37. The smallest absolute Gasteiger partial charge is 0.227 e. The summed E-state index contributed by atoms with van der Waals surface area (Å²) in [6, 6.07) is 13.2. The molecule has 1 aromatic carbocycles. The van der Waals surface area contributed by atoms with E-state index in [4.69, 9.17) is 11.6 Å². The van der Waals surface area contributed by atoms with Crippen LogP contribution in [0.5, 0.6) is 0 Å². The maximum absolute atomic E-state index is 12.4. The fraction of sp³-hybridized carbons (Fsp3) is 0.294. The van der Waals surface area contributed by atoms with Gasteiger partial charge in [0.15, 0.2) is 0 Å². The van der Waals surface area contributed by atoms with E-state index < -0.39 is 0 Å². The van der Waals surface area contributed by atoms with Gasteiger partial charge >= 0.3 is 0 Å². The van der Waals surface area contributed by atoms with Crippen LogP contribution in [0, 0.1) is 0 Å². The monoisotopic (exact) mass is 302 g/mol. The fourth-order valence-electron chi connectivity index (χ4n) is 2.24. The van der Waals surface area contributed by atoms with Crippen LogP contribution in [-0.2, 0) is 11.3 Å². The summed E-state index contributed by atoms with van der Waals surface area (Å²) in [4.78, 5) is 16.6. The largest absolute Gasteiger partial charge is 0.350 e. The van der Waals surface area contributed by atoms with Gasteiger partial charge in [0.2, 0.25) is 5.91 Å². The van der Waals surface area contributed by atoms with Crippen LogP contribution in [0.4, 0.5) is 0 Å². The van der Waals surface area contributed by atoms with Crippen LogP contribution < -0.4 is 5.32 Å². The molecule has 0 radical (unpaired) electrons. The van der Waals surface area contributed by atoms with Crippen molar-refractivity contribution in [1.82, 2.24) is 10.3 Å². The molecule has 0 aliphatic rings. The van der Waals surface area contributed by atoms with Gasteiger partial charge in [-0.1, -0.05) is 43.1 Å². The normalized spacial score (nSPS) is 11.9. The van der Waals surface area contributed by atoms with Crippen LogP contribution in [0.25, 0.3) is 0 Å². The Hall–Kier alpha value is -1.87. The molecule has 0 saturated carbocycles. The Morgan fingerprint density at radius 3 is 2.62 bits per heavy atom. The third-order valence-corrected chi connectivity index (χ3v) is 3.59. The number of carbonyl (C=O) groups is 1. The summed E-state index contributed by atoms with van der Waals surface area (Å²) in [5.41, 5.74) is 1.86. The third-order valence-electron chi connectivity index (χ3n) is 3.34. The molecule has 0 fully saturated rings. The Morgan fingerprint density at radius 2 is 2.00 bits per heavy atom. The van der Waals surface area contributed by atoms with Crippen molar-refractivity contribution in [2.24, 2.45) is 0 Å². The molecule has 1 N–H and O–H groups in total. The van der Waals surface area contributed by atoms with Gasteiger partial charge in [-0.2, -0.15) is 0 Å². The van der Waals surface area contributed by atoms with E-state index in [0.29, 0.717) is 11.6 Å². The summed E-state index contributed by atoms with van der Waals surface area (Å²) in [5, 5.41) is 3.65. The molecule has 0 saturated heterocycles. The van der Waals surface area contributed by atoms with Gasteiger partial charge in [0.1, 0.15) is 0 Å². The summed E-state index contributed by atoms with van der Waals surface area (Å²) in [7, 11) is 0. The van der Waals surface area contributed by atoms with Crippen LogP contribution in [-0.4, -0.2) is 10.9 Å². The first-order chi connectivity index (χ1) is 10.2. The van der Waals surface area contributed by atoms with Gasteiger partial charge in [-0.25, -0.2) is 0 Å². The summed E-state index contributed by atoms with van der Waals surface area (Å²) in [5.74, 6) is -0.110. The second-order valence-electron chi connectivity index (χ2n) is 4.93. The number of benzene rings is 1. The van der Waals surface area contributed by atoms with E-state index in [-0.39, 0.29) is 11.8 Å². The molecule has 0 aliphatic carbocycles. The molecule has 21 heavy (non-hydrogen) atoms. The van der Waals surface area contributed by atoms with E-state index in [2.05, 4.69) is 17.2 Å². The van der Waals surface area contributed by atoms with E-state index in [1.165, 1.54) is 0 Å². The summed E-state index contributed by atoms with van der Waals surface area (Å²) < 4.78 is 0. The summed E-state index contributed by atoms with van der Waals surface area (Å²) in [6.07, 6.45) is 3.49. The minimum absolute atomic E-state index is 0.0322. The van der Waals surface area contributed by atoms with Crippen LogP contribution >= 0.6 is 11.6 Å². The van der Waals surface area contributed by atoms with Crippen molar-refractivity contribution in [2.75, 3.05) is 0 Å². The van der Waals surface area contributed by atoms with E-state index in [9.17, 15) is 4.79 Å². The molecule has 2 rings (SSSR count). The molecule has 1 unspecified atom stereocenters. The van der Waals surface area contributed by atoms with Gasteiger partial charge in [-0.05, 0) is 36.2 Å². The molecule has 1 atom stereocenters. The lowest BCUT2D eigenvalue weighted by Crippen LogP contribution is -2.29. The van der Waals surface area contributed by atoms with Gasteiger partial charge in [0.25, 0.3) is 0 Å². The number of hydrogen-bond donors (Lipinski definition) is 1. The van der Waals surface area contributed by atoms with E-state index >= 15 is 0 Å². The van der Waals surface area contributed by atoms with E-state index in [0.717, 1.165) is 24.1 Å². The zero-order valence-corrected chi connectivity index (χ0v) is 12.8. The van der Waals surface area contributed by atoms with E-state index in [1.807, 2.05) is 42.5 Å². The van der Waals surface area contributed by atoms with Gasteiger partial charge in [-0.3, -0.25) is 9.78 Å². The SMILES string of the molecule is CCCC(C(=O)NCc1ccccn1)c1ccc(Cl)cc1. The number of pyridine rings is 1. The number of halogens is 1. The first-order valence-electron chi connectivity index (χ1n) is 7.13. The van der Waals surface area contributed by atoms with Crippen molar-refractivity contribution in [3.63, 3.8) is 0 Å². The Morgan fingerprint density at radius 1 is 1.24 bits per heavy atom. The molecule has 0 spiro atoms. The highest BCUT2D eigenvalue weighted by Crippen LogP contribution is 2.23. The van der Waals surface area contributed by atoms with Gasteiger partial charge in [0, 0.05) is 11.2 Å². The average Bonchev–Trinajstić information content (AvgIpc) is 2.52. The standard InChI is InChI=1S/C17H19ClN2O/c1-2-5-16(13-7-9-14(18)10-8-13)17(21)20-12-15-6-3-4-11-19-15/h3-4,6-11,16H,2,5,12H2,1H3,(H,20,21). The molecule has 4 heteroatoms. The molecule has 1 heterocycles. The van der Waals surface area contributed by atoms with Crippen LogP contribution in [0.15, 0.2) is 48.7 Å². The fourth-order valence-corrected chi connectivity index (χ4v) is 2.36. The minimum Gasteiger partial charge on any atom is -0.350 e. The molecule has 3 nitrogen and oxygen atoms in total. The highest BCUT2D eigenvalue weighted by molar-refractivity contribution is 6.30. The van der Waals surface area contributed by atoms with Crippen molar-refractivity contribution < 1.29 is 4.79 Å². The topological polar surface area (TPSA) is 42.0 Å². The quantitative estimate of drug-likeness (QED) is 0.878. The van der Waals surface area contributed by atoms with Crippen molar-refractivity contribution in [3.05, 3.63) is 64.9 Å². The molecular weight excluding hydrogens is 284 g/mol. The number of nitrogens with zero attached hydrogens (tertiary/aromatic N) is 1. The van der Waals surface area contributed by atoms with Crippen LogP contribution in [0.1, 0.15) is 36.9 Å². The number of rotatable bonds is 6. The minimum atomic E-state index is -0.143. The van der Waals surface area contributed by atoms with Crippen molar-refractivity contribution in [2.45, 2.75) is 32.2 Å². The van der Waals surface area contributed by atoms with Crippen molar-refractivity contribution in [3.8, 4) is 0 Å². The highest BCUT2D eigenvalue weighted by atomic mass is 35.5. The maximum Gasteiger partial charge on any atom is 0.227 e. The molecule has 110 valence electrons. The zero-order valence-electron chi connectivity index (χ0n) is 12.1. The lowest BCUT2D eigenvalue weighted by atomic mass is 9.93. The average molecular weight is 303 g/mol. The molecule has 1 amide bonds. The highest BCUT2D eigenvalue weighted by Gasteiger charge is 2.19. The Labute approximate surface area is 130 Å². The third kappa shape index (κ3) is 4.57. The molecule has 0 aliphatic heterocycles. The number of hydrogen-bond acceptors (Lipinski definition) is 2. The first-order valence-corrected chi connectivity index (χ1v) is 7.51. The number of carbonyl (C=O) groups excluding carboxylic acids is 1. The first kappa shape index (κ1) is 15.5. The predicted octanol–water partition coefficient (Wildman–Crippen LogP) is 3.94. The maximum atomic E-state index is 12.4. The number of aromatic nitrogens is 1. The Kier molecular flexibility index (Phi) is 5.76. The summed E-state index contributed by atoms with van der Waals surface area (Å²) in [6.45, 7) is 2.53. The lowest BCUT2D eigenvalue weighted by molar-refractivity contribution is -0.122. The summed E-state index contributed by atoms with van der Waals surface area (Å²) >= 11 is 5.91. The molecule has 1 aromatic heterocycles. The number of nitrogens with one attached hydrogen (secondary N) is 1. The lowest BCUT2D eigenvalue weighted by Gasteiger charge is -2.16. The van der Waals surface area contributed by atoms with Crippen molar-refractivity contribution in [1.29, 1.82) is 0 Å². The van der Waals surface area contributed by atoms with Crippen LogP contribution in [0.3, 0.4) is 0 Å². The van der Waals surface area contributed by atoms with Gasteiger partial charge < -0.3 is 5.32 Å². The van der Waals surface area contributed by atoms with E-state index in [1.54, 1.807) is 6.20 Å². The van der Waals surface area contributed by atoms with Crippen molar-refractivity contribution >= 4 is 17.5 Å².